The number of nitrogens with one attached hydrogen (secondary N) is 1. The first-order chi connectivity index (χ1) is 6.40. The molecule has 1 aromatic heterocycles. The van der Waals surface area contributed by atoms with E-state index in [1.54, 1.807) is 0 Å². The first kappa shape index (κ1) is 11.3. The van der Waals surface area contributed by atoms with Gasteiger partial charge in [0.15, 0.2) is 0 Å². The van der Waals surface area contributed by atoms with Gasteiger partial charge in [0.05, 0.1) is 0 Å². The van der Waals surface area contributed by atoms with Crippen LogP contribution in [0.2, 0.25) is 0 Å². The zero-order valence-electron chi connectivity index (χ0n) is 9.35. The Hall–Kier alpha value is -0.770. The van der Waals surface area contributed by atoms with E-state index in [0.717, 1.165) is 23.5 Å². The molecule has 0 radical (unpaired) electrons. The minimum atomic E-state index is 0.372. The molecule has 1 heterocycles. The molecular weight excluding hydrogens is 194 g/mol. The van der Waals surface area contributed by atoms with Gasteiger partial charge in [-0.1, -0.05) is 20.8 Å². The Kier molecular flexibility index (Phi) is 3.37. The van der Waals surface area contributed by atoms with Crippen LogP contribution in [0.5, 0.6) is 0 Å². The third-order valence-electron chi connectivity index (χ3n) is 2.12. The Balaban J connectivity index is 2.43. The van der Waals surface area contributed by atoms with E-state index in [1.165, 1.54) is 11.5 Å². The summed E-state index contributed by atoms with van der Waals surface area (Å²) in [4.78, 5) is 0. The van der Waals surface area contributed by atoms with Gasteiger partial charge in [-0.25, -0.2) is 0 Å². The molecule has 3 nitrogen and oxygen atoms in total. The highest BCUT2D eigenvalue weighted by atomic mass is 32.1. The normalized spacial score (nSPS) is 11.7. The highest BCUT2D eigenvalue weighted by Crippen LogP contribution is 2.26. The van der Waals surface area contributed by atoms with Crippen LogP contribution in [0, 0.1) is 12.3 Å². The van der Waals surface area contributed by atoms with Gasteiger partial charge in [0, 0.05) is 12.1 Å². The topological polar surface area (TPSA) is 50.9 Å². The molecule has 0 aromatic carbocycles. The van der Waals surface area contributed by atoms with Crippen LogP contribution in [-0.4, -0.2) is 10.9 Å². The van der Waals surface area contributed by atoms with Crippen molar-refractivity contribution >= 4 is 22.4 Å². The summed E-state index contributed by atoms with van der Waals surface area (Å²) in [5, 5.41) is 4.47. The van der Waals surface area contributed by atoms with Gasteiger partial charge >= 0.3 is 0 Å². The van der Waals surface area contributed by atoms with E-state index in [0.29, 0.717) is 11.2 Å². The van der Waals surface area contributed by atoms with E-state index in [2.05, 4.69) is 30.5 Å². The summed E-state index contributed by atoms with van der Waals surface area (Å²) in [5.41, 5.74) is 7.10. The monoisotopic (exact) mass is 213 g/mol. The molecule has 0 unspecified atom stereocenters. The number of hydrogen-bond acceptors (Lipinski definition) is 4. The second-order valence-corrected chi connectivity index (χ2v) is 5.53. The fourth-order valence-electron chi connectivity index (χ4n) is 1.06. The molecular formula is C10H19N3S. The Morgan fingerprint density at radius 2 is 2.07 bits per heavy atom. The molecule has 0 atom stereocenters. The summed E-state index contributed by atoms with van der Waals surface area (Å²) in [6.07, 6.45) is 1.14. The molecule has 0 amide bonds. The van der Waals surface area contributed by atoms with Crippen molar-refractivity contribution in [2.45, 2.75) is 34.1 Å². The molecule has 0 fully saturated rings. The molecule has 0 aliphatic rings. The van der Waals surface area contributed by atoms with Crippen LogP contribution in [0.15, 0.2) is 0 Å². The average molecular weight is 213 g/mol. The molecule has 4 heteroatoms. The number of rotatable bonds is 3. The minimum Gasteiger partial charge on any atom is -0.383 e. The summed E-state index contributed by atoms with van der Waals surface area (Å²) in [5.74, 6) is 0.647. The number of nitrogens with two attached hydrogens (primary N) is 1. The fourth-order valence-corrected chi connectivity index (χ4v) is 1.80. The fraction of sp³-hybridized carbons (Fsp3) is 0.700. The Labute approximate surface area is 89.9 Å². The second kappa shape index (κ2) is 4.17. The van der Waals surface area contributed by atoms with Crippen LogP contribution in [0.3, 0.4) is 0 Å². The van der Waals surface area contributed by atoms with Gasteiger partial charge < -0.3 is 11.1 Å². The van der Waals surface area contributed by atoms with Crippen LogP contribution in [0.4, 0.5) is 10.8 Å². The molecule has 0 saturated carbocycles. The second-order valence-electron chi connectivity index (χ2n) is 4.76. The number of anilines is 2. The van der Waals surface area contributed by atoms with Crippen molar-refractivity contribution in [3.8, 4) is 0 Å². The lowest BCUT2D eigenvalue weighted by Crippen LogP contribution is -2.12. The van der Waals surface area contributed by atoms with E-state index >= 15 is 0 Å². The summed E-state index contributed by atoms with van der Waals surface area (Å²) in [6.45, 7) is 9.69. The van der Waals surface area contributed by atoms with Crippen molar-refractivity contribution in [2.75, 3.05) is 17.6 Å². The van der Waals surface area contributed by atoms with Crippen LogP contribution < -0.4 is 11.1 Å². The van der Waals surface area contributed by atoms with E-state index in [1.807, 2.05) is 6.92 Å². The molecule has 14 heavy (non-hydrogen) atoms. The predicted molar refractivity (Wildman–Crippen MR) is 63.8 cm³/mol. The average Bonchev–Trinajstić information content (AvgIpc) is 2.33. The first-order valence-corrected chi connectivity index (χ1v) is 5.63. The minimum absolute atomic E-state index is 0.372. The SMILES string of the molecule is Cc1c(N)nsc1NCCC(C)(C)C. The van der Waals surface area contributed by atoms with Crippen molar-refractivity contribution in [1.29, 1.82) is 0 Å². The third-order valence-corrected chi connectivity index (χ3v) is 3.04. The summed E-state index contributed by atoms with van der Waals surface area (Å²) < 4.78 is 4.09. The van der Waals surface area contributed by atoms with Crippen molar-refractivity contribution in [2.24, 2.45) is 5.41 Å². The Morgan fingerprint density at radius 3 is 2.50 bits per heavy atom. The largest absolute Gasteiger partial charge is 0.383 e. The van der Waals surface area contributed by atoms with Crippen molar-refractivity contribution in [1.82, 2.24) is 4.37 Å². The standard InChI is InChI=1S/C10H19N3S/c1-7-8(11)13-14-9(7)12-6-5-10(2,3)4/h12H,5-6H2,1-4H3,(H2,11,13). The third kappa shape index (κ3) is 3.18. The van der Waals surface area contributed by atoms with Gasteiger partial charge in [-0.05, 0) is 30.3 Å². The van der Waals surface area contributed by atoms with Gasteiger partial charge in [-0.3, -0.25) is 0 Å². The van der Waals surface area contributed by atoms with E-state index < -0.39 is 0 Å². The maximum absolute atomic E-state index is 5.66. The van der Waals surface area contributed by atoms with Gasteiger partial charge in [0.25, 0.3) is 0 Å². The molecule has 1 rings (SSSR count). The van der Waals surface area contributed by atoms with Crippen LogP contribution in [0.1, 0.15) is 32.8 Å². The number of nitrogen functional groups attached to an aromatic ring is 1. The number of hydrogen-bond donors (Lipinski definition) is 2. The number of nitrogens with zero attached hydrogens (tertiary/aromatic N) is 1. The smallest absolute Gasteiger partial charge is 0.142 e. The molecule has 3 N–H and O–H groups in total. The van der Waals surface area contributed by atoms with Crippen LogP contribution >= 0.6 is 11.5 Å². The zero-order chi connectivity index (χ0) is 10.8. The van der Waals surface area contributed by atoms with Gasteiger partial charge in [-0.2, -0.15) is 4.37 Å². The van der Waals surface area contributed by atoms with Crippen molar-refractivity contribution in [3.63, 3.8) is 0 Å². The highest BCUT2D eigenvalue weighted by molar-refractivity contribution is 7.10. The first-order valence-electron chi connectivity index (χ1n) is 4.86. The highest BCUT2D eigenvalue weighted by Gasteiger charge is 2.11. The maximum atomic E-state index is 5.66. The van der Waals surface area contributed by atoms with E-state index in [-0.39, 0.29) is 0 Å². The number of aromatic nitrogens is 1. The summed E-state index contributed by atoms with van der Waals surface area (Å²) in [6, 6.07) is 0. The summed E-state index contributed by atoms with van der Waals surface area (Å²) >= 11 is 1.44. The van der Waals surface area contributed by atoms with E-state index in [9.17, 15) is 0 Å². The Bertz CT molecular complexity index is 299. The van der Waals surface area contributed by atoms with Crippen LogP contribution in [0.25, 0.3) is 0 Å². The lowest BCUT2D eigenvalue weighted by molar-refractivity contribution is 0.390. The molecule has 80 valence electrons. The predicted octanol–water partition coefficient (Wildman–Crippen LogP) is 2.88. The molecule has 1 aromatic rings. The van der Waals surface area contributed by atoms with Crippen LogP contribution in [-0.2, 0) is 0 Å². The van der Waals surface area contributed by atoms with Gasteiger partial charge in [-0.15, -0.1) is 0 Å². The maximum Gasteiger partial charge on any atom is 0.142 e. The molecule has 0 bridgehead atoms. The Morgan fingerprint density at radius 1 is 1.43 bits per heavy atom. The molecule has 0 aliphatic carbocycles. The van der Waals surface area contributed by atoms with Gasteiger partial charge in [0.2, 0.25) is 0 Å². The lowest BCUT2D eigenvalue weighted by Gasteiger charge is -2.18. The molecule has 0 saturated heterocycles. The van der Waals surface area contributed by atoms with Crippen molar-refractivity contribution in [3.05, 3.63) is 5.56 Å². The zero-order valence-corrected chi connectivity index (χ0v) is 10.2. The lowest BCUT2D eigenvalue weighted by atomic mass is 9.92. The quantitative estimate of drug-likeness (QED) is 0.811. The summed E-state index contributed by atoms with van der Waals surface area (Å²) in [7, 11) is 0. The molecule has 0 aliphatic heterocycles. The molecule has 0 spiro atoms. The van der Waals surface area contributed by atoms with Crippen molar-refractivity contribution < 1.29 is 0 Å². The van der Waals surface area contributed by atoms with Gasteiger partial charge in [0.1, 0.15) is 10.8 Å². The van der Waals surface area contributed by atoms with E-state index in [4.69, 9.17) is 5.73 Å².